The fourth-order valence-electron chi connectivity index (χ4n) is 1.99. The summed E-state index contributed by atoms with van der Waals surface area (Å²) in [7, 11) is 3.99. The van der Waals surface area contributed by atoms with E-state index in [1.807, 2.05) is 7.05 Å². The van der Waals surface area contributed by atoms with E-state index in [0.29, 0.717) is 5.92 Å². The molecule has 1 saturated heterocycles. The molecule has 0 spiro atoms. The highest BCUT2D eigenvalue weighted by Crippen LogP contribution is 2.23. The molecule has 1 aromatic heterocycles. The first-order valence-corrected chi connectivity index (χ1v) is 5.35. The molecule has 82 valence electrons. The molecule has 1 atom stereocenters. The van der Waals surface area contributed by atoms with Gasteiger partial charge in [0, 0.05) is 19.5 Å². The smallest absolute Gasteiger partial charge is 0.157 e. The molecule has 0 saturated carbocycles. The highest BCUT2D eigenvalue weighted by Gasteiger charge is 2.21. The van der Waals surface area contributed by atoms with E-state index in [0.717, 1.165) is 18.2 Å². The Hall–Kier alpha value is -1.23. The van der Waals surface area contributed by atoms with Crippen LogP contribution in [0.15, 0.2) is 6.20 Å². The van der Waals surface area contributed by atoms with E-state index in [2.05, 4.69) is 32.4 Å². The van der Waals surface area contributed by atoms with Crippen molar-refractivity contribution in [2.24, 2.45) is 0 Å². The number of aromatic nitrogens is 3. The van der Waals surface area contributed by atoms with Gasteiger partial charge in [-0.15, -0.1) is 5.10 Å². The zero-order valence-electron chi connectivity index (χ0n) is 9.27. The number of piperidine rings is 1. The third kappa shape index (κ3) is 2.41. The van der Waals surface area contributed by atoms with E-state index in [9.17, 15) is 0 Å². The second kappa shape index (κ2) is 4.53. The fraction of sp³-hybridized carbons (Fsp3) is 0.700. The molecule has 0 aromatic carbocycles. The minimum atomic E-state index is 0.435. The standard InChI is InChI=1S/C10H17N5/c1-11-9-6-12-14-10(13-9)8-4-3-5-15(2)7-8/h6,8H,3-5,7H2,1-2H3,(H,11,13,14). The predicted molar refractivity (Wildman–Crippen MR) is 58.8 cm³/mol. The van der Waals surface area contributed by atoms with Crippen LogP contribution in [-0.2, 0) is 0 Å². The molecular weight excluding hydrogens is 190 g/mol. The molecule has 1 aliphatic rings. The van der Waals surface area contributed by atoms with Crippen LogP contribution in [0.2, 0.25) is 0 Å². The highest BCUT2D eigenvalue weighted by molar-refractivity contribution is 5.29. The van der Waals surface area contributed by atoms with Gasteiger partial charge in [0.2, 0.25) is 0 Å². The number of nitrogens with zero attached hydrogens (tertiary/aromatic N) is 4. The van der Waals surface area contributed by atoms with Crippen molar-refractivity contribution in [3.05, 3.63) is 12.0 Å². The van der Waals surface area contributed by atoms with Crippen LogP contribution in [-0.4, -0.2) is 47.3 Å². The molecule has 0 aliphatic carbocycles. The molecule has 1 N–H and O–H groups in total. The van der Waals surface area contributed by atoms with Crippen molar-refractivity contribution in [2.45, 2.75) is 18.8 Å². The van der Waals surface area contributed by atoms with Crippen LogP contribution < -0.4 is 5.32 Å². The maximum absolute atomic E-state index is 4.44. The molecule has 0 bridgehead atoms. The predicted octanol–water partition coefficient (Wildman–Crippen LogP) is 0.722. The summed E-state index contributed by atoms with van der Waals surface area (Å²) in [5, 5.41) is 11.1. The van der Waals surface area contributed by atoms with Crippen molar-refractivity contribution in [1.82, 2.24) is 20.1 Å². The van der Waals surface area contributed by atoms with Crippen LogP contribution in [0.1, 0.15) is 24.6 Å². The summed E-state index contributed by atoms with van der Waals surface area (Å²) in [6.07, 6.45) is 4.03. The zero-order valence-corrected chi connectivity index (χ0v) is 9.27. The quantitative estimate of drug-likeness (QED) is 0.774. The fourth-order valence-corrected chi connectivity index (χ4v) is 1.99. The van der Waals surface area contributed by atoms with Crippen molar-refractivity contribution >= 4 is 5.82 Å². The zero-order chi connectivity index (χ0) is 10.7. The van der Waals surface area contributed by atoms with Gasteiger partial charge in [0.25, 0.3) is 0 Å². The van der Waals surface area contributed by atoms with Crippen LogP contribution in [0.3, 0.4) is 0 Å². The minimum Gasteiger partial charge on any atom is -0.372 e. The van der Waals surface area contributed by atoms with Gasteiger partial charge in [-0.25, -0.2) is 4.98 Å². The monoisotopic (exact) mass is 207 g/mol. The first-order chi connectivity index (χ1) is 7.29. The molecule has 15 heavy (non-hydrogen) atoms. The molecule has 0 amide bonds. The molecule has 1 aromatic rings. The van der Waals surface area contributed by atoms with Crippen LogP contribution in [0, 0.1) is 0 Å². The van der Waals surface area contributed by atoms with Crippen molar-refractivity contribution in [3.63, 3.8) is 0 Å². The maximum Gasteiger partial charge on any atom is 0.157 e. The molecule has 2 rings (SSSR count). The summed E-state index contributed by atoms with van der Waals surface area (Å²) in [6, 6.07) is 0. The summed E-state index contributed by atoms with van der Waals surface area (Å²) in [4.78, 5) is 6.76. The van der Waals surface area contributed by atoms with E-state index in [4.69, 9.17) is 0 Å². The van der Waals surface area contributed by atoms with Crippen molar-refractivity contribution < 1.29 is 0 Å². The Kier molecular flexibility index (Phi) is 3.11. The minimum absolute atomic E-state index is 0.435. The van der Waals surface area contributed by atoms with Crippen LogP contribution in [0.4, 0.5) is 5.82 Å². The van der Waals surface area contributed by atoms with E-state index in [-0.39, 0.29) is 0 Å². The van der Waals surface area contributed by atoms with E-state index in [1.165, 1.54) is 19.4 Å². The van der Waals surface area contributed by atoms with Gasteiger partial charge in [-0.3, -0.25) is 0 Å². The second-order valence-electron chi connectivity index (χ2n) is 4.05. The Morgan fingerprint density at radius 3 is 3.13 bits per heavy atom. The summed E-state index contributed by atoms with van der Waals surface area (Å²) in [5.74, 6) is 2.10. The number of anilines is 1. The Labute approximate surface area is 89.9 Å². The topological polar surface area (TPSA) is 53.9 Å². The SMILES string of the molecule is CNc1cnnc(C2CCCN(C)C2)n1. The largest absolute Gasteiger partial charge is 0.372 e. The summed E-state index contributed by atoms with van der Waals surface area (Å²) >= 11 is 0. The van der Waals surface area contributed by atoms with E-state index in [1.54, 1.807) is 6.20 Å². The number of likely N-dealkylation sites (N-methyl/N-ethyl adjacent to an activating group) is 1. The average Bonchev–Trinajstić information content (AvgIpc) is 2.29. The molecule has 2 heterocycles. The number of rotatable bonds is 2. The van der Waals surface area contributed by atoms with Gasteiger partial charge < -0.3 is 10.2 Å². The molecule has 0 radical (unpaired) electrons. The van der Waals surface area contributed by atoms with Gasteiger partial charge in [-0.1, -0.05) is 0 Å². The third-order valence-electron chi connectivity index (χ3n) is 2.82. The molecule has 1 fully saturated rings. The van der Waals surface area contributed by atoms with Crippen molar-refractivity contribution in [3.8, 4) is 0 Å². The lowest BCUT2D eigenvalue weighted by Crippen LogP contribution is -2.31. The van der Waals surface area contributed by atoms with Gasteiger partial charge in [0.05, 0.1) is 6.20 Å². The Morgan fingerprint density at radius 2 is 2.40 bits per heavy atom. The molecule has 1 unspecified atom stereocenters. The first kappa shape index (κ1) is 10.3. The van der Waals surface area contributed by atoms with Gasteiger partial charge in [0.15, 0.2) is 5.82 Å². The molecule has 5 nitrogen and oxygen atoms in total. The van der Waals surface area contributed by atoms with Gasteiger partial charge in [0.1, 0.15) is 5.82 Å². The number of hydrogen-bond acceptors (Lipinski definition) is 5. The van der Waals surface area contributed by atoms with Gasteiger partial charge in [-0.05, 0) is 26.4 Å². The first-order valence-electron chi connectivity index (χ1n) is 5.35. The normalized spacial score (nSPS) is 22.7. The van der Waals surface area contributed by atoms with Crippen molar-refractivity contribution in [1.29, 1.82) is 0 Å². The summed E-state index contributed by atoms with van der Waals surface area (Å²) in [5.41, 5.74) is 0. The van der Waals surface area contributed by atoms with Crippen LogP contribution >= 0.6 is 0 Å². The number of likely N-dealkylation sites (tertiary alicyclic amines) is 1. The number of hydrogen-bond donors (Lipinski definition) is 1. The van der Waals surface area contributed by atoms with E-state index < -0.39 is 0 Å². The molecular formula is C10H17N5. The van der Waals surface area contributed by atoms with Gasteiger partial charge >= 0.3 is 0 Å². The lowest BCUT2D eigenvalue weighted by Gasteiger charge is -2.28. The Bertz CT molecular complexity index is 327. The Morgan fingerprint density at radius 1 is 1.53 bits per heavy atom. The molecule has 1 aliphatic heterocycles. The Balaban J connectivity index is 2.13. The highest BCUT2D eigenvalue weighted by atomic mass is 15.2. The summed E-state index contributed by atoms with van der Waals surface area (Å²) in [6.45, 7) is 2.21. The van der Waals surface area contributed by atoms with Crippen LogP contribution in [0.5, 0.6) is 0 Å². The lowest BCUT2D eigenvalue weighted by atomic mass is 9.98. The lowest BCUT2D eigenvalue weighted by molar-refractivity contribution is 0.245. The number of nitrogens with one attached hydrogen (secondary N) is 1. The molecule has 5 heteroatoms. The maximum atomic E-state index is 4.44. The van der Waals surface area contributed by atoms with Gasteiger partial charge in [-0.2, -0.15) is 5.10 Å². The van der Waals surface area contributed by atoms with Crippen molar-refractivity contribution in [2.75, 3.05) is 32.5 Å². The third-order valence-corrected chi connectivity index (χ3v) is 2.82. The summed E-state index contributed by atoms with van der Waals surface area (Å²) < 4.78 is 0. The average molecular weight is 207 g/mol. The van der Waals surface area contributed by atoms with E-state index >= 15 is 0 Å². The van der Waals surface area contributed by atoms with Crippen LogP contribution in [0.25, 0.3) is 0 Å². The second-order valence-corrected chi connectivity index (χ2v) is 4.05.